The van der Waals surface area contributed by atoms with Crippen molar-refractivity contribution in [2.45, 2.75) is 19.4 Å². The monoisotopic (exact) mass is 262 g/mol. The van der Waals surface area contributed by atoms with Crippen LogP contribution >= 0.6 is 0 Å². The highest BCUT2D eigenvalue weighted by Gasteiger charge is 2.16. The molecule has 2 rings (SSSR count). The number of nitrogens with zero attached hydrogens (tertiary/aromatic N) is 2. The molecule has 1 aromatic rings. The molecule has 1 fully saturated rings. The molecule has 3 nitrogen and oxygen atoms in total. The van der Waals surface area contributed by atoms with E-state index in [1.54, 1.807) is 6.07 Å². The molecule has 1 saturated heterocycles. The first-order valence-electron chi connectivity index (χ1n) is 6.64. The molecule has 0 aromatic heterocycles. The third kappa shape index (κ3) is 4.02. The van der Waals surface area contributed by atoms with Gasteiger partial charge in [-0.05, 0) is 49.6 Å². The lowest BCUT2D eigenvalue weighted by molar-refractivity contribution is 0.0411. The van der Waals surface area contributed by atoms with E-state index in [-0.39, 0.29) is 5.82 Å². The molecule has 1 aromatic carbocycles. The summed E-state index contributed by atoms with van der Waals surface area (Å²) in [6.07, 6.45) is 2.29. The van der Waals surface area contributed by atoms with Crippen molar-refractivity contribution in [3.05, 3.63) is 35.1 Å². The first-order chi connectivity index (χ1) is 9.19. The van der Waals surface area contributed by atoms with Gasteiger partial charge in [0.25, 0.3) is 0 Å². The second-order valence-electron chi connectivity index (χ2n) is 5.19. The van der Waals surface area contributed by atoms with Gasteiger partial charge in [0.05, 0.1) is 18.2 Å². The van der Waals surface area contributed by atoms with Crippen molar-refractivity contribution in [2.24, 2.45) is 5.92 Å². The highest BCUT2D eigenvalue weighted by atomic mass is 19.1. The minimum Gasteiger partial charge on any atom is -0.381 e. The Bertz CT molecular complexity index is 464. The molecule has 0 spiro atoms. The maximum absolute atomic E-state index is 13.2. The molecular formula is C15H19FN2O. The maximum Gasteiger partial charge on any atom is 0.123 e. The van der Waals surface area contributed by atoms with E-state index < -0.39 is 0 Å². The first-order valence-corrected chi connectivity index (χ1v) is 6.64. The Balaban J connectivity index is 1.96. The molecule has 102 valence electrons. The molecule has 0 amide bonds. The summed E-state index contributed by atoms with van der Waals surface area (Å²) in [6.45, 7) is 3.18. The van der Waals surface area contributed by atoms with Crippen LogP contribution in [0, 0.1) is 23.1 Å². The fourth-order valence-corrected chi connectivity index (χ4v) is 2.55. The van der Waals surface area contributed by atoms with E-state index in [0.29, 0.717) is 18.0 Å². The van der Waals surface area contributed by atoms with Gasteiger partial charge in [0.1, 0.15) is 5.82 Å². The Labute approximate surface area is 113 Å². The van der Waals surface area contributed by atoms with Gasteiger partial charge in [-0.25, -0.2) is 4.39 Å². The van der Waals surface area contributed by atoms with E-state index in [9.17, 15) is 4.39 Å². The number of hydrogen-bond acceptors (Lipinski definition) is 3. The average molecular weight is 262 g/mol. The fourth-order valence-electron chi connectivity index (χ4n) is 2.55. The number of nitriles is 1. The molecule has 1 heterocycles. The van der Waals surface area contributed by atoms with Crippen LogP contribution in [-0.2, 0) is 11.3 Å². The zero-order valence-electron chi connectivity index (χ0n) is 11.2. The Morgan fingerprint density at radius 1 is 1.53 bits per heavy atom. The number of hydrogen-bond donors (Lipinski definition) is 0. The van der Waals surface area contributed by atoms with Crippen LogP contribution in [0.3, 0.4) is 0 Å². The van der Waals surface area contributed by atoms with Crippen LogP contribution in [0.2, 0.25) is 0 Å². The Morgan fingerprint density at radius 2 is 2.37 bits per heavy atom. The molecule has 1 aliphatic heterocycles. The summed E-state index contributed by atoms with van der Waals surface area (Å²) in [7, 11) is 2.00. The van der Waals surface area contributed by atoms with Crippen molar-refractivity contribution in [3.8, 4) is 6.07 Å². The molecule has 4 heteroatoms. The van der Waals surface area contributed by atoms with Gasteiger partial charge >= 0.3 is 0 Å². The van der Waals surface area contributed by atoms with Crippen LogP contribution in [-0.4, -0.2) is 31.7 Å². The zero-order valence-corrected chi connectivity index (χ0v) is 11.2. The second kappa shape index (κ2) is 6.65. The van der Waals surface area contributed by atoms with Crippen LogP contribution in [0.4, 0.5) is 4.39 Å². The molecular weight excluding hydrogens is 243 g/mol. The van der Waals surface area contributed by atoms with Crippen molar-refractivity contribution < 1.29 is 9.13 Å². The lowest BCUT2D eigenvalue weighted by Crippen LogP contribution is -2.30. The summed E-state index contributed by atoms with van der Waals surface area (Å²) in [4.78, 5) is 2.13. The van der Waals surface area contributed by atoms with Gasteiger partial charge in [0, 0.05) is 19.7 Å². The molecule has 1 aliphatic rings. The number of ether oxygens (including phenoxy) is 1. The third-order valence-electron chi connectivity index (χ3n) is 3.45. The van der Waals surface area contributed by atoms with E-state index in [1.165, 1.54) is 18.6 Å². The predicted octanol–water partition coefficient (Wildman–Crippen LogP) is 2.56. The predicted molar refractivity (Wildman–Crippen MR) is 71.0 cm³/mol. The van der Waals surface area contributed by atoms with Gasteiger partial charge in [-0.1, -0.05) is 0 Å². The summed E-state index contributed by atoms with van der Waals surface area (Å²) < 4.78 is 18.7. The van der Waals surface area contributed by atoms with Crippen LogP contribution in [0.5, 0.6) is 0 Å². The standard InChI is InChI=1S/C15H19FN2O/c1-18(9-12-3-2-6-19-11-12)10-14-7-15(16)5-4-13(14)8-17/h4-5,7,12H,2-3,6,9-11H2,1H3. The van der Waals surface area contributed by atoms with Crippen LogP contribution in [0.15, 0.2) is 18.2 Å². The summed E-state index contributed by atoms with van der Waals surface area (Å²) in [6, 6.07) is 6.44. The van der Waals surface area contributed by atoms with Crippen molar-refractivity contribution in [1.82, 2.24) is 4.90 Å². The molecule has 0 N–H and O–H groups in total. The van der Waals surface area contributed by atoms with Crippen LogP contribution in [0.1, 0.15) is 24.0 Å². The average Bonchev–Trinajstić information content (AvgIpc) is 2.40. The molecule has 1 unspecified atom stereocenters. The smallest absolute Gasteiger partial charge is 0.123 e. The van der Waals surface area contributed by atoms with E-state index in [0.717, 1.165) is 31.7 Å². The highest BCUT2D eigenvalue weighted by molar-refractivity contribution is 5.37. The van der Waals surface area contributed by atoms with Gasteiger partial charge < -0.3 is 9.64 Å². The largest absolute Gasteiger partial charge is 0.381 e. The quantitative estimate of drug-likeness (QED) is 0.836. The van der Waals surface area contributed by atoms with Gasteiger partial charge in [0.15, 0.2) is 0 Å². The summed E-state index contributed by atoms with van der Waals surface area (Å²) in [5, 5.41) is 9.03. The molecule has 0 saturated carbocycles. The summed E-state index contributed by atoms with van der Waals surface area (Å²) >= 11 is 0. The van der Waals surface area contributed by atoms with Crippen LogP contribution < -0.4 is 0 Å². The minimum absolute atomic E-state index is 0.289. The van der Waals surface area contributed by atoms with Gasteiger partial charge in [-0.3, -0.25) is 0 Å². The molecule has 0 radical (unpaired) electrons. The van der Waals surface area contributed by atoms with Crippen LogP contribution in [0.25, 0.3) is 0 Å². The first kappa shape index (κ1) is 14.0. The van der Waals surface area contributed by atoms with Crippen molar-refractivity contribution >= 4 is 0 Å². The van der Waals surface area contributed by atoms with Gasteiger partial charge in [-0.2, -0.15) is 5.26 Å². The second-order valence-corrected chi connectivity index (χ2v) is 5.19. The lowest BCUT2D eigenvalue weighted by Gasteiger charge is -2.27. The maximum atomic E-state index is 13.2. The number of benzene rings is 1. The molecule has 19 heavy (non-hydrogen) atoms. The Kier molecular flexibility index (Phi) is 4.89. The van der Waals surface area contributed by atoms with Gasteiger partial charge in [0.2, 0.25) is 0 Å². The normalized spacial score (nSPS) is 19.4. The van der Waals surface area contributed by atoms with E-state index in [1.807, 2.05) is 7.05 Å². The van der Waals surface area contributed by atoms with Crippen molar-refractivity contribution in [1.29, 1.82) is 5.26 Å². The molecule has 0 aliphatic carbocycles. The Hall–Kier alpha value is -1.44. The van der Waals surface area contributed by atoms with Crippen molar-refractivity contribution in [2.75, 3.05) is 26.8 Å². The summed E-state index contributed by atoms with van der Waals surface area (Å²) in [5.74, 6) is 0.251. The fraction of sp³-hybridized carbons (Fsp3) is 0.533. The Morgan fingerprint density at radius 3 is 3.05 bits per heavy atom. The number of halogens is 1. The van der Waals surface area contributed by atoms with Gasteiger partial charge in [-0.15, -0.1) is 0 Å². The SMILES string of the molecule is CN(Cc1cc(F)ccc1C#N)CC1CCCOC1. The lowest BCUT2D eigenvalue weighted by atomic mass is 10.0. The molecule has 1 atom stereocenters. The zero-order chi connectivity index (χ0) is 13.7. The summed E-state index contributed by atoms with van der Waals surface area (Å²) in [5.41, 5.74) is 1.30. The number of rotatable bonds is 4. The van der Waals surface area contributed by atoms with Crippen molar-refractivity contribution in [3.63, 3.8) is 0 Å². The van der Waals surface area contributed by atoms with E-state index >= 15 is 0 Å². The third-order valence-corrected chi connectivity index (χ3v) is 3.45. The van der Waals surface area contributed by atoms with E-state index in [4.69, 9.17) is 10.00 Å². The van der Waals surface area contributed by atoms with E-state index in [2.05, 4.69) is 11.0 Å². The minimum atomic E-state index is -0.289. The highest BCUT2D eigenvalue weighted by Crippen LogP contribution is 2.17. The molecule has 0 bridgehead atoms. The topological polar surface area (TPSA) is 36.3 Å².